The minimum atomic E-state index is -3.49. The molecule has 27 heavy (non-hydrogen) atoms. The standard InChI is InChI=1S/C18H30N4O3S.HI/c1-5-19-18(22(4)13-15-10-11-25-14-15)20-12-16-8-6-7-9-17(16)26(23,24)21(2)3;/h6-9,15H,5,10-14H2,1-4H3,(H,19,20);1H. The highest BCUT2D eigenvalue weighted by molar-refractivity contribution is 14.0. The number of hydrogen-bond acceptors (Lipinski definition) is 4. The van der Waals surface area contributed by atoms with Gasteiger partial charge in [-0.3, -0.25) is 0 Å². The van der Waals surface area contributed by atoms with Crippen molar-refractivity contribution in [2.24, 2.45) is 10.9 Å². The number of ether oxygens (including phenoxy) is 1. The summed E-state index contributed by atoms with van der Waals surface area (Å²) in [7, 11) is 1.59. The summed E-state index contributed by atoms with van der Waals surface area (Å²) in [5.74, 6) is 1.28. The second-order valence-corrected chi connectivity index (χ2v) is 8.80. The first kappa shape index (κ1) is 24.1. The zero-order chi connectivity index (χ0) is 19.2. The van der Waals surface area contributed by atoms with Gasteiger partial charge in [-0.15, -0.1) is 24.0 Å². The second kappa shape index (κ2) is 11.2. The van der Waals surface area contributed by atoms with Gasteiger partial charge in [-0.25, -0.2) is 17.7 Å². The van der Waals surface area contributed by atoms with E-state index in [1.807, 2.05) is 26.1 Å². The fourth-order valence-corrected chi connectivity index (χ4v) is 4.02. The van der Waals surface area contributed by atoms with Gasteiger partial charge < -0.3 is 15.0 Å². The summed E-state index contributed by atoms with van der Waals surface area (Å²) >= 11 is 0. The molecule has 2 rings (SSSR count). The van der Waals surface area contributed by atoms with Crippen molar-refractivity contribution in [2.45, 2.75) is 24.8 Å². The van der Waals surface area contributed by atoms with E-state index >= 15 is 0 Å². The van der Waals surface area contributed by atoms with E-state index in [-0.39, 0.29) is 24.0 Å². The average molecular weight is 510 g/mol. The van der Waals surface area contributed by atoms with Crippen LogP contribution in [0, 0.1) is 5.92 Å². The van der Waals surface area contributed by atoms with Crippen LogP contribution in [0.5, 0.6) is 0 Å². The first-order valence-electron chi connectivity index (χ1n) is 8.94. The van der Waals surface area contributed by atoms with Crippen molar-refractivity contribution in [3.63, 3.8) is 0 Å². The topological polar surface area (TPSA) is 74.2 Å². The highest BCUT2D eigenvalue weighted by Gasteiger charge is 2.21. The maximum Gasteiger partial charge on any atom is 0.242 e. The van der Waals surface area contributed by atoms with E-state index in [1.165, 1.54) is 18.4 Å². The number of hydrogen-bond donors (Lipinski definition) is 1. The molecule has 1 heterocycles. The van der Waals surface area contributed by atoms with Crippen molar-refractivity contribution in [1.29, 1.82) is 0 Å². The van der Waals surface area contributed by atoms with Crippen molar-refractivity contribution < 1.29 is 13.2 Å². The van der Waals surface area contributed by atoms with Gasteiger partial charge in [-0.05, 0) is 25.0 Å². The van der Waals surface area contributed by atoms with Crippen LogP contribution in [0.1, 0.15) is 18.9 Å². The van der Waals surface area contributed by atoms with Crippen molar-refractivity contribution in [2.75, 3.05) is 47.4 Å². The van der Waals surface area contributed by atoms with E-state index in [0.29, 0.717) is 22.9 Å². The van der Waals surface area contributed by atoms with E-state index in [9.17, 15) is 8.42 Å². The lowest BCUT2D eigenvalue weighted by Crippen LogP contribution is -2.41. The van der Waals surface area contributed by atoms with Crippen LogP contribution in [0.2, 0.25) is 0 Å². The minimum absolute atomic E-state index is 0. The zero-order valence-corrected chi connectivity index (χ0v) is 19.7. The number of rotatable bonds is 7. The molecule has 0 amide bonds. The molecule has 1 saturated heterocycles. The number of aliphatic imine (C=N–C) groups is 1. The van der Waals surface area contributed by atoms with E-state index in [2.05, 4.69) is 15.2 Å². The average Bonchev–Trinajstić information content (AvgIpc) is 3.11. The Morgan fingerprint density at radius 2 is 2.00 bits per heavy atom. The molecule has 0 radical (unpaired) electrons. The van der Waals surface area contributed by atoms with Gasteiger partial charge in [0, 0.05) is 46.8 Å². The van der Waals surface area contributed by atoms with Crippen LogP contribution in [0.25, 0.3) is 0 Å². The molecule has 0 aromatic heterocycles. The van der Waals surface area contributed by atoms with E-state index < -0.39 is 10.0 Å². The highest BCUT2D eigenvalue weighted by atomic mass is 127. The molecule has 0 spiro atoms. The van der Waals surface area contributed by atoms with Crippen molar-refractivity contribution in [3.8, 4) is 0 Å². The Morgan fingerprint density at radius 1 is 1.30 bits per heavy atom. The highest BCUT2D eigenvalue weighted by Crippen LogP contribution is 2.19. The molecule has 1 atom stereocenters. The molecule has 1 N–H and O–H groups in total. The summed E-state index contributed by atoms with van der Waals surface area (Å²) in [6.45, 7) is 5.55. The molecule has 1 aromatic carbocycles. The van der Waals surface area contributed by atoms with Gasteiger partial charge in [0.2, 0.25) is 10.0 Å². The van der Waals surface area contributed by atoms with E-state index in [1.54, 1.807) is 12.1 Å². The lowest BCUT2D eigenvalue weighted by Gasteiger charge is -2.24. The zero-order valence-electron chi connectivity index (χ0n) is 16.5. The fraction of sp³-hybridized carbons (Fsp3) is 0.611. The molecule has 1 aromatic rings. The van der Waals surface area contributed by atoms with Gasteiger partial charge in [-0.1, -0.05) is 18.2 Å². The summed E-state index contributed by atoms with van der Waals surface area (Å²) in [6.07, 6.45) is 1.06. The van der Waals surface area contributed by atoms with Crippen molar-refractivity contribution >= 4 is 40.0 Å². The van der Waals surface area contributed by atoms with Crippen LogP contribution in [0.3, 0.4) is 0 Å². The predicted octanol–water partition coefficient (Wildman–Crippen LogP) is 1.99. The minimum Gasteiger partial charge on any atom is -0.381 e. The molecule has 9 heteroatoms. The summed E-state index contributed by atoms with van der Waals surface area (Å²) in [5.41, 5.74) is 0.689. The van der Waals surface area contributed by atoms with Gasteiger partial charge in [0.25, 0.3) is 0 Å². The lowest BCUT2D eigenvalue weighted by molar-refractivity contribution is 0.181. The monoisotopic (exact) mass is 510 g/mol. The van der Waals surface area contributed by atoms with Crippen LogP contribution in [-0.2, 0) is 21.3 Å². The van der Waals surface area contributed by atoms with Crippen molar-refractivity contribution in [1.82, 2.24) is 14.5 Å². The third kappa shape index (κ3) is 6.58. The molecule has 0 saturated carbocycles. The Balaban J connectivity index is 0.00000364. The normalized spacial score (nSPS) is 17.7. The molecule has 0 aliphatic carbocycles. The van der Waals surface area contributed by atoms with Gasteiger partial charge in [0.15, 0.2) is 5.96 Å². The van der Waals surface area contributed by atoms with Crippen LogP contribution in [0.4, 0.5) is 0 Å². The fourth-order valence-electron chi connectivity index (χ4n) is 2.91. The van der Waals surface area contributed by atoms with Gasteiger partial charge in [0.1, 0.15) is 0 Å². The number of nitrogens with zero attached hydrogens (tertiary/aromatic N) is 3. The molecule has 1 fully saturated rings. The molecule has 1 aliphatic rings. The van der Waals surface area contributed by atoms with Gasteiger partial charge in [-0.2, -0.15) is 0 Å². The van der Waals surface area contributed by atoms with Crippen LogP contribution in [-0.4, -0.2) is 71.0 Å². The molecule has 1 unspecified atom stereocenters. The number of guanidine groups is 1. The van der Waals surface area contributed by atoms with Gasteiger partial charge >= 0.3 is 0 Å². The molecule has 7 nitrogen and oxygen atoms in total. The van der Waals surface area contributed by atoms with Crippen LogP contribution >= 0.6 is 24.0 Å². The maximum atomic E-state index is 12.5. The van der Waals surface area contributed by atoms with Crippen molar-refractivity contribution in [3.05, 3.63) is 29.8 Å². The summed E-state index contributed by atoms with van der Waals surface area (Å²) in [4.78, 5) is 7.06. The maximum absolute atomic E-state index is 12.5. The summed E-state index contributed by atoms with van der Waals surface area (Å²) in [6, 6.07) is 7.02. The molecular weight excluding hydrogens is 479 g/mol. The van der Waals surface area contributed by atoms with Crippen LogP contribution < -0.4 is 5.32 Å². The Labute approximate surface area is 180 Å². The Kier molecular flexibility index (Phi) is 9.99. The predicted molar refractivity (Wildman–Crippen MR) is 119 cm³/mol. The third-order valence-corrected chi connectivity index (χ3v) is 6.30. The molecule has 154 valence electrons. The van der Waals surface area contributed by atoms with E-state index in [0.717, 1.165) is 38.7 Å². The first-order chi connectivity index (χ1) is 12.4. The lowest BCUT2D eigenvalue weighted by atomic mass is 10.1. The third-order valence-electron chi connectivity index (χ3n) is 4.38. The van der Waals surface area contributed by atoms with E-state index in [4.69, 9.17) is 4.74 Å². The SMILES string of the molecule is CCNC(=NCc1ccccc1S(=O)(=O)N(C)C)N(C)CC1CCOC1.I. The Hall–Kier alpha value is -0.910. The summed E-state index contributed by atoms with van der Waals surface area (Å²) < 4.78 is 31.7. The molecule has 1 aliphatic heterocycles. The molecule has 0 bridgehead atoms. The number of halogens is 1. The van der Waals surface area contributed by atoms with Gasteiger partial charge in [0.05, 0.1) is 18.0 Å². The quantitative estimate of drug-likeness (QED) is 0.345. The second-order valence-electron chi connectivity index (χ2n) is 6.68. The molecular formula is C18H31IN4O3S. The largest absolute Gasteiger partial charge is 0.381 e. The summed E-state index contributed by atoms with van der Waals surface area (Å²) in [5, 5.41) is 3.28. The first-order valence-corrected chi connectivity index (χ1v) is 10.4. The Morgan fingerprint density at radius 3 is 2.59 bits per heavy atom. The number of nitrogens with one attached hydrogen (secondary N) is 1. The number of sulfonamides is 1. The number of benzene rings is 1. The smallest absolute Gasteiger partial charge is 0.242 e. The Bertz CT molecular complexity index is 719. The van der Waals surface area contributed by atoms with Crippen LogP contribution in [0.15, 0.2) is 34.2 Å².